The number of rotatable bonds is 2. The van der Waals surface area contributed by atoms with Gasteiger partial charge in [-0.25, -0.2) is 0 Å². The van der Waals surface area contributed by atoms with E-state index in [1.54, 1.807) is 19.1 Å². The summed E-state index contributed by atoms with van der Waals surface area (Å²) in [6, 6.07) is 0. The first kappa shape index (κ1) is 11.0. The molecule has 0 bridgehead atoms. The van der Waals surface area contributed by atoms with Gasteiger partial charge in [-0.05, 0) is 20.3 Å². The normalized spacial score (nSPS) is 33.1. The van der Waals surface area contributed by atoms with Gasteiger partial charge in [0, 0.05) is 12.5 Å². The second-order valence-corrected chi connectivity index (χ2v) is 4.39. The fourth-order valence-electron chi connectivity index (χ4n) is 2.50. The quantitative estimate of drug-likeness (QED) is 0.511. The highest BCUT2D eigenvalue weighted by atomic mass is 16.2. The van der Waals surface area contributed by atoms with Crippen LogP contribution in [0.25, 0.3) is 0 Å². The molecule has 2 amide bonds. The van der Waals surface area contributed by atoms with Gasteiger partial charge in [0.2, 0.25) is 11.8 Å². The molecule has 4 heteroatoms. The Morgan fingerprint density at radius 2 is 2.06 bits per heavy atom. The Hall–Kier alpha value is -1.45. The number of likely N-dealkylation sites (tertiary alicyclic amines) is 1. The fraction of sp³-hybridized carbons (Fsp3) is 0.583. The first-order chi connectivity index (χ1) is 7.56. The predicted molar refractivity (Wildman–Crippen MR) is 57.3 cm³/mol. The Labute approximate surface area is 94.3 Å². The van der Waals surface area contributed by atoms with Gasteiger partial charge in [0.15, 0.2) is 0 Å². The van der Waals surface area contributed by atoms with Crippen molar-refractivity contribution in [2.45, 2.75) is 20.3 Å². The SMILES string of the molecule is CCN1C(=O)[C@H]2C[C@H](C(C)=O)C=C[C@H]2C1=O. The average molecular weight is 221 g/mol. The number of fused-ring (bicyclic) bond motifs is 1. The Morgan fingerprint density at radius 3 is 2.62 bits per heavy atom. The Kier molecular flexibility index (Phi) is 2.66. The minimum absolute atomic E-state index is 0.0601. The number of nitrogens with zero attached hydrogens (tertiary/aromatic N) is 1. The Morgan fingerprint density at radius 1 is 1.38 bits per heavy atom. The molecule has 0 spiro atoms. The zero-order valence-electron chi connectivity index (χ0n) is 9.47. The lowest BCUT2D eigenvalue weighted by atomic mass is 9.79. The van der Waals surface area contributed by atoms with Gasteiger partial charge in [-0.2, -0.15) is 0 Å². The van der Waals surface area contributed by atoms with E-state index in [-0.39, 0.29) is 35.4 Å². The van der Waals surface area contributed by atoms with Gasteiger partial charge < -0.3 is 0 Å². The molecule has 0 unspecified atom stereocenters. The molecular formula is C12H15NO3. The summed E-state index contributed by atoms with van der Waals surface area (Å²) in [5.74, 6) is -1.02. The summed E-state index contributed by atoms with van der Waals surface area (Å²) >= 11 is 0. The lowest BCUT2D eigenvalue weighted by Crippen LogP contribution is -2.30. The number of hydrogen-bond donors (Lipinski definition) is 0. The molecule has 1 saturated heterocycles. The minimum atomic E-state index is -0.331. The van der Waals surface area contributed by atoms with Crippen LogP contribution in [0.3, 0.4) is 0 Å². The number of amides is 2. The van der Waals surface area contributed by atoms with E-state index < -0.39 is 0 Å². The molecule has 2 aliphatic rings. The average Bonchev–Trinajstić information content (AvgIpc) is 2.51. The maximum Gasteiger partial charge on any atom is 0.236 e. The Bertz CT molecular complexity index is 386. The molecule has 0 aromatic carbocycles. The van der Waals surface area contributed by atoms with Gasteiger partial charge in [-0.1, -0.05) is 12.2 Å². The van der Waals surface area contributed by atoms with Crippen LogP contribution in [0.2, 0.25) is 0 Å². The highest BCUT2D eigenvalue weighted by Gasteiger charge is 2.47. The van der Waals surface area contributed by atoms with Crippen molar-refractivity contribution in [1.82, 2.24) is 4.90 Å². The van der Waals surface area contributed by atoms with Gasteiger partial charge in [-0.15, -0.1) is 0 Å². The van der Waals surface area contributed by atoms with Gasteiger partial charge >= 0.3 is 0 Å². The van der Waals surface area contributed by atoms with Crippen molar-refractivity contribution in [1.29, 1.82) is 0 Å². The summed E-state index contributed by atoms with van der Waals surface area (Å²) in [6.07, 6.45) is 3.99. The van der Waals surface area contributed by atoms with Crippen LogP contribution in [0.4, 0.5) is 0 Å². The van der Waals surface area contributed by atoms with Crippen LogP contribution in [-0.2, 0) is 14.4 Å². The minimum Gasteiger partial charge on any atom is -0.299 e. The van der Waals surface area contributed by atoms with Crippen LogP contribution >= 0.6 is 0 Å². The van der Waals surface area contributed by atoms with E-state index in [1.165, 1.54) is 11.8 Å². The zero-order chi connectivity index (χ0) is 11.9. The molecule has 1 fully saturated rings. The third-order valence-corrected chi connectivity index (χ3v) is 3.46. The van der Waals surface area contributed by atoms with Crippen molar-refractivity contribution in [2.75, 3.05) is 6.54 Å². The molecule has 0 saturated carbocycles. The lowest BCUT2D eigenvalue weighted by molar-refractivity contribution is -0.139. The Balaban J connectivity index is 2.26. The van der Waals surface area contributed by atoms with E-state index in [2.05, 4.69) is 0 Å². The summed E-state index contributed by atoms with van der Waals surface area (Å²) < 4.78 is 0. The molecular weight excluding hydrogens is 206 g/mol. The molecule has 0 aromatic rings. The number of ketones is 1. The van der Waals surface area contributed by atoms with Crippen molar-refractivity contribution in [2.24, 2.45) is 17.8 Å². The number of carbonyl (C=O) groups excluding carboxylic acids is 3. The highest BCUT2D eigenvalue weighted by Crippen LogP contribution is 2.36. The standard InChI is InChI=1S/C12H15NO3/c1-3-13-11(15)9-5-4-8(7(2)14)6-10(9)12(13)16/h4-5,8-10H,3,6H2,1-2H3/t8-,9-,10+/m1/s1. The maximum absolute atomic E-state index is 11.9. The van der Waals surface area contributed by atoms with Crippen LogP contribution in [-0.4, -0.2) is 29.0 Å². The molecule has 1 aliphatic heterocycles. The summed E-state index contributed by atoms with van der Waals surface area (Å²) in [5, 5.41) is 0. The number of imide groups is 1. The van der Waals surface area contributed by atoms with Crippen molar-refractivity contribution in [3.05, 3.63) is 12.2 Å². The van der Waals surface area contributed by atoms with Gasteiger partial charge in [-0.3, -0.25) is 19.3 Å². The predicted octanol–water partition coefficient (Wildman–Crippen LogP) is 0.773. The summed E-state index contributed by atoms with van der Waals surface area (Å²) in [7, 11) is 0. The molecule has 16 heavy (non-hydrogen) atoms. The molecule has 4 nitrogen and oxygen atoms in total. The van der Waals surface area contributed by atoms with Crippen LogP contribution in [0.1, 0.15) is 20.3 Å². The molecule has 0 aromatic heterocycles. The lowest BCUT2D eigenvalue weighted by Gasteiger charge is -2.21. The van der Waals surface area contributed by atoms with E-state index >= 15 is 0 Å². The fourth-order valence-corrected chi connectivity index (χ4v) is 2.50. The van der Waals surface area contributed by atoms with E-state index in [4.69, 9.17) is 0 Å². The molecule has 86 valence electrons. The summed E-state index contributed by atoms with van der Waals surface area (Å²) in [5.41, 5.74) is 0. The van der Waals surface area contributed by atoms with Crippen LogP contribution in [0.5, 0.6) is 0 Å². The van der Waals surface area contributed by atoms with Crippen molar-refractivity contribution in [3.63, 3.8) is 0 Å². The summed E-state index contributed by atoms with van der Waals surface area (Å²) in [6.45, 7) is 3.73. The van der Waals surface area contributed by atoms with Crippen LogP contribution < -0.4 is 0 Å². The van der Waals surface area contributed by atoms with Crippen LogP contribution in [0.15, 0.2) is 12.2 Å². The molecule has 3 atom stereocenters. The molecule has 1 heterocycles. The largest absolute Gasteiger partial charge is 0.299 e. The summed E-state index contributed by atoms with van der Waals surface area (Å²) in [4.78, 5) is 36.3. The van der Waals surface area contributed by atoms with Gasteiger partial charge in [0.1, 0.15) is 5.78 Å². The zero-order valence-corrected chi connectivity index (χ0v) is 9.47. The topological polar surface area (TPSA) is 54.5 Å². The first-order valence-corrected chi connectivity index (χ1v) is 5.60. The smallest absolute Gasteiger partial charge is 0.236 e. The van der Waals surface area contributed by atoms with Gasteiger partial charge in [0.25, 0.3) is 0 Å². The third kappa shape index (κ3) is 1.49. The highest BCUT2D eigenvalue weighted by molar-refractivity contribution is 6.06. The van der Waals surface area contributed by atoms with Crippen molar-refractivity contribution >= 4 is 17.6 Å². The molecule has 0 N–H and O–H groups in total. The third-order valence-electron chi connectivity index (χ3n) is 3.46. The van der Waals surface area contributed by atoms with Crippen molar-refractivity contribution in [3.8, 4) is 0 Å². The number of Topliss-reactive ketones (excluding diaryl/α,β-unsaturated/α-hetero) is 1. The van der Waals surface area contributed by atoms with Gasteiger partial charge in [0.05, 0.1) is 11.8 Å². The maximum atomic E-state index is 11.9. The second kappa shape index (κ2) is 3.85. The molecule has 1 aliphatic carbocycles. The van der Waals surface area contributed by atoms with Crippen LogP contribution in [0, 0.1) is 17.8 Å². The number of hydrogen-bond acceptors (Lipinski definition) is 3. The van der Waals surface area contributed by atoms with E-state index in [0.717, 1.165) is 0 Å². The van der Waals surface area contributed by atoms with E-state index in [0.29, 0.717) is 13.0 Å². The van der Waals surface area contributed by atoms with Crippen molar-refractivity contribution < 1.29 is 14.4 Å². The number of allylic oxidation sites excluding steroid dienone is 1. The van der Waals surface area contributed by atoms with E-state index in [9.17, 15) is 14.4 Å². The number of carbonyl (C=O) groups is 3. The monoisotopic (exact) mass is 221 g/mol. The van der Waals surface area contributed by atoms with E-state index in [1.807, 2.05) is 0 Å². The molecule has 2 rings (SSSR count). The first-order valence-electron chi connectivity index (χ1n) is 5.60. The molecule has 0 radical (unpaired) electrons. The second-order valence-electron chi connectivity index (χ2n) is 4.39.